The van der Waals surface area contributed by atoms with Gasteiger partial charge in [-0.1, -0.05) is 6.42 Å². The highest BCUT2D eigenvalue weighted by Crippen LogP contribution is 2.35. The summed E-state index contributed by atoms with van der Waals surface area (Å²) in [6, 6.07) is 4.96. The maximum Gasteiger partial charge on any atom is 0.415 e. The molecule has 0 unspecified atom stereocenters. The Balaban J connectivity index is 1.76. The second-order valence-corrected chi connectivity index (χ2v) is 12.3. The number of nitrogens with one attached hydrogen (secondary N) is 1. The van der Waals surface area contributed by atoms with Gasteiger partial charge in [0.2, 0.25) is 0 Å². The molecule has 3 heterocycles. The topological polar surface area (TPSA) is 131 Å². The molecule has 0 aromatic carbocycles. The van der Waals surface area contributed by atoms with E-state index in [2.05, 4.69) is 15.4 Å². The quantitative estimate of drug-likeness (QED) is 0.387. The summed E-state index contributed by atoms with van der Waals surface area (Å²) in [5.41, 5.74) is -0.868. The number of ether oxygens (including phenoxy) is 1. The van der Waals surface area contributed by atoms with E-state index < -0.39 is 17.3 Å². The maximum absolute atomic E-state index is 13.5. The van der Waals surface area contributed by atoms with Gasteiger partial charge in [-0.05, 0) is 78.9 Å². The first kappa shape index (κ1) is 29.3. The van der Waals surface area contributed by atoms with Gasteiger partial charge >= 0.3 is 6.09 Å². The fraction of sp³-hybridized carbons (Fsp3) is 0.552. The van der Waals surface area contributed by atoms with E-state index in [1.165, 1.54) is 15.6 Å². The van der Waals surface area contributed by atoms with Crippen LogP contribution in [0.4, 0.5) is 22.1 Å². The van der Waals surface area contributed by atoms with E-state index in [0.717, 1.165) is 19.3 Å². The zero-order chi connectivity index (χ0) is 29.4. The molecule has 0 spiro atoms. The number of carbonyl (C=O) groups is 2. The van der Waals surface area contributed by atoms with E-state index in [1.807, 2.05) is 20.8 Å². The number of carbonyl (C=O) groups excluding carboxylic acids is 2. The minimum Gasteiger partial charge on any atom is -0.443 e. The Kier molecular flexibility index (Phi) is 8.07. The van der Waals surface area contributed by atoms with Crippen molar-refractivity contribution in [2.24, 2.45) is 5.92 Å². The molecule has 1 amide bonds. The second kappa shape index (κ2) is 11.0. The van der Waals surface area contributed by atoms with Gasteiger partial charge in [-0.3, -0.25) is 14.5 Å². The van der Waals surface area contributed by atoms with Crippen molar-refractivity contribution in [2.45, 2.75) is 90.9 Å². The predicted molar refractivity (Wildman–Crippen MR) is 154 cm³/mol. The summed E-state index contributed by atoms with van der Waals surface area (Å²) in [6.07, 6.45) is 5.83. The number of rotatable bonds is 7. The van der Waals surface area contributed by atoms with Crippen LogP contribution in [0.5, 0.6) is 0 Å². The fourth-order valence-corrected chi connectivity index (χ4v) is 5.16. The monoisotopic (exact) mass is 552 g/mol. The van der Waals surface area contributed by atoms with Gasteiger partial charge in [0.15, 0.2) is 11.4 Å². The molecule has 40 heavy (non-hydrogen) atoms. The molecule has 3 aromatic rings. The molecule has 11 heteroatoms. The Hall–Kier alpha value is -3.73. The number of aromatic nitrogens is 4. The van der Waals surface area contributed by atoms with E-state index in [0.29, 0.717) is 23.5 Å². The van der Waals surface area contributed by atoms with Crippen LogP contribution in [0.15, 0.2) is 35.4 Å². The van der Waals surface area contributed by atoms with Crippen LogP contribution in [0, 0.1) is 5.92 Å². The van der Waals surface area contributed by atoms with Crippen molar-refractivity contribution >= 4 is 34.8 Å². The summed E-state index contributed by atoms with van der Waals surface area (Å²) in [5.74, 6) is 0.485. The lowest BCUT2D eigenvalue weighted by molar-refractivity contribution is 0.000520. The summed E-state index contributed by atoms with van der Waals surface area (Å²) in [7, 11) is 1.55. The molecule has 2 N–H and O–H groups in total. The zero-order valence-electron chi connectivity index (χ0n) is 24.4. The molecule has 2 atom stereocenters. The molecular formula is C29H40N6O5. The Bertz CT molecular complexity index is 1470. The number of nitrogens with zero attached hydrogens (tertiary/aromatic N) is 5. The lowest BCUT2D eigenvalue weighted by atomic mass is 9.77. The van der Waals surface area contributed by atoms with Crippen LogP contribution < -0.4 is 15.8 Å². The van der Waals surface area contributed by atoms with Crippen LogP contribution in [0.25, 0.3) is 5.65 Å². The number of ketones is 1. The Morgan fingerprint density at radius 2 is 2.05 bits per heavy atom. The van der Waals surface area contributed by atoms with Gasteiger partial charge in [0.1, 0.15) is 22.9 Å². The number of Topliss-reactive ketones (excluding diaryl/α,β-unsaturated/α-hetero) is 1. The molecule has 3 aromatic heterocycles. The third kappa shape index (κ3) is 6.52. The van der Waals surface area contributed by atoms with Gasteiger partial charge in [-0.25, -0.2) is 9.78 Å². The summed E-state index contributed by atoms with van der Waals surface area (Å²) in [6.45, 7) is 11.0. The summed E-state index contributed by atoms with van der Waals surface area (Å²) in [4.78, 5) is 45.5. The smallest absolute Gasteiger partial charge is 0.415 e. The number of amides is 1. The van der Waals surface area contributed by atoms with Gasteiger partial charge < -0.3 is 19.7 Å². The SMILES string of the molecule is CC(C)n1cccc(Nc2cc(N(C)C(=O)OC(C)(C)C)n3ncc(C(=O)C[C@H]4CCC[C@](C)(O)C4)c3n2)c1=O. The first-order valence-electron chi connectivity index (χ1n) is 13.7. The molecule has 1 aliphatic rings. The molecule has 0 bridgehead atoms. The van der Waals surface area contributed by atoms with Crippen molar-refractivity contribution in [3.63, 3.8) is 0 Å². The summed E-state index contributed by atoms with van der Waals surface area (Å²) >= 11 is 0. The predicted octanol–water partition coefficient (Wildman–Crippen LogP) is 5.10. The number of anilines is 3. The van der Waals surface area contributed by atoms with E-state index >= 15 is 0 Å². The van der Waals surface area contributed by atoms with Gasteiger partial charge in [0, 0.05) is 31.8 Å². The molecule has 216 valence electrons. The summed E-state index contributed by atoms with van der Waals surface area (Å²) in [5, 5.41) is 18.0. The van der Waals surface area contributed by atoms with Crippen molar-refractivity contribution in [3.05, 3.63) is 46.5 Å². The minimum atomic E-state index is -0.776. The van der Waals surface area contributed by atoms with Crippen molar-refractivity contribution < 1.29 is 19.4 Å². The van der Waals surface area contributed by atoms with Gasteiger partial charge in [0.25, 0.3) is 5.56 Å². The van der Waals surface area contributed by atoms with Crippen molar-refractivity contribution in [2.75, 3.05) is 17.3 Å². The highest BCUT2D eigenvalue weighted by molar-refractivity contribution is 6.02. The number of hydrogen-bond donors (Lipinski definition) is 2. The minimum absolute atomic E-state index is 0.0434. The Morgan fingerprint density at radius 1 is 1.32 bits per heavy atom. The average molecular weight is 553 g/mol. The number of aliphatic hydroxyl groups is 1. The number of pyridine rings is 1. The normalized spacial score (nSPS) is 19.6. The molecule has 0 radical (unpaired) electrons. The zero-order valence-corrected chi connectivity index (χ0v) is 24.4. The lowest BCUT2D eigenvalue weighted by Gasteiger charge is -2.33. The third-order valence-electron chi connectivity index (χ3n) is 7.09. The molecule has 1 fully saturated rings. The molecule has 0 aliphatic heterocycles. The van der Waals surface area contributed by atoms with E-state index in [9.17, 15) is 19.5 Å². The van der Waals surface area contributed by atoms with Crippen LogP contribution in [-0.4, -0.2) is 54.4 Å². The van der Waals surface area contributed by atoms with Crippen molar-refractivity contribution in [3.8, 4) is 0 Å². The first-order chi connectivity index (χ1) is 18.6. The first-order valence-corrected chi connectivity index (χ1v) is 13.7. The molecule has 1 saturated carbocycles. The highest BCUT2D eigenvalue weighted by Gasteiger charge is 2.32. The van der Waals surface area contributed by atoms with Crippen LogP contribution in [0.3, 0.4) is 0 Å². The Morgan fingerprint density at radius 3 is 2.70 bits per heavy atom. The van der Waals surface area contributed by atoms with E-state index in [-0.39, 0.29) is 41.2 Å². The molecule has 4 rings (SSSR count). The van der Waals surface area contributed by atoms with Gasteiger partial charge in [0.05, 0.1) is 17.4 Å². The van der Waals surface area contributed by atoms with Gasteiger partial charge in [-0.2, -0.15) is 9.61 Å². The third-order valence-corrected chi connectivity index (χ3v) is 7.09. The lowest BCUT2D eigenvalue weighted by Crippen LogP contribution is -2.35. The Labute approximate surface area is 234 Å². The number of hydrogen-bond acceptors (Lipinski definition) is 8. The van der Waals surface area contributed by atoms with Crippen molar-refractivity contribution in [1.29, 1.82) is 0 Å². The van der Waals surface area contributed by atoms with E-state index in [4.69, 9.17) is 4.74 Å². The van der Waals surface area contributed by atoms with Crippen LogP contribution in [0.2, 0.25) is 0 Å². The fourth-order valence-electron chi connectivity index (χ4n) is 5.16. The van der Waals surface area contributed by atoms with Crippen LogP contribution in [0.1, 0.15) is 90.0 Å². The molecule has 0 saturated heterocycles. The maximum atomic E-state index is 13.5. The molecule has 1 aliphatic carbocycles. The van der Waals surface area contributed by atoms with Crippen LogP contribution >= 0.6 is 0 Å². The largest absolute Gasteiger partial charge is 0.443 e. The van der Waals surface area contributed by atoms with E-state index in [1.54, 1.807) is 56.8 Å². The summed E-state index contributed by atoms with van der Waals surface area (Å²) < 4.78 is 8.58. The van der Waals surface area contributed by atoms with Gasteiger partial charge in [-0.15, -0.1) is 0 Å². The highest BCUT2D eigenvalue weighted by atomic mass is 16.6. The van der Waals surface area contributed by atoms with Crippen molar-refractivity contribution in [1.82, 2.24) is 19.2 Å². The number of fused-ring (bicyclic) bond motifs is 1. The standard InChI is InChI=1S/C29H40N6O5/c1-18(2)34-13-9-11-21(26(34)37)31-23-15-24(33(7)27(38)40-28(3,4)5)35-25(32-23)20(17-30-35)22(36)14-19-10-8-12-29(6,39)16-19/h9,11,13,15,17-19,39H,8,10,12,14,16H2,1-7H3,(H,31,32)/t19-,29+/m1/s1. The molecular weight excluding hydrogens is 512 g/mol. The van der Waals surface area contributed by atoms with Crippen LogP contribution in [-0.2, 0) is 4.74 Å². The molecule has 11 nitrogen and oxygen atoms in total. The average Bonchev–Trinajstić information content (AvgIpc) is 3.26. The second-order valence-electron chi connectivity index (χ2n) is 12.3.